The fourth-order valence-corrected chi connectivity index (χ4v) is 2.21. The second-order valence-electron chi connectivity index (χ2n) is 6.10. The molecule has 0 heterocycles. The lowest BCUT2D eigenvalue weighted by atomic mass is 10.1. The van der Waals surface area contributed by atoms with Gasteiger partial charge in [-0.2, -0.15) is 52.7 Å². The van der Waals surface area contributed by atoms with Crippen molar-refractivity contribution in [2.45, 2.75) is 24.7 Å². The Bertz CT molecular complexity index is 894. The van der Waals surface area contributed by atoms with Crippen molar-refractivity contribution in [1.29, 1.82) is 0 Å². The van der Waals surface area contributed by atoms with Crippen molar-refractivity contribution in [2.75, 3.05) is 17.7 Å². The third-order valence-electron chi connectivity index (χ3n) is 3.69. The van der Waals surface area contributed by atoms with Gasteiger partial charge in [-0.1, -0.05) is 0 Å². The molecular weight excluding hydrogens is 488 g/mol. The van der Waals surface area contributed by atoms with Crippen LogP contribution in [0.15, 0.2) is 36.4 Å². The number of rotatable bonds is 3. The second kappa shape index (κ2) is 9.79. The molecule has 0 aliphatic rings. The summed E-state index contributed by atoms with van der Waals surface area (Å²) in [5, 5.41) is 4.00. The Morgan fingerprint density at radius 2 is 0.818 bits per heavy atom. The van der Waals surface area contributed by atoms with Crippen LogP contribution in [-0.2, 0) is 29.5 Å². The molecule has 0 atom stereocenters. The second-order valence-corrected chi connectivity index (χ2v) is 6.10. The molecule has 0 saturated carbocycles. The van der Waals surface area contributed by atoms with E-state index in [0.29, 0.717) is 24.3 Å². The highest BCUT2D eigenvalue weighted by molar-refractivity contribution is 5.72. The maximum Gasteiger partial charge on any atom is 0.416 e. The van der Waals surface area contributed by atoms with Gasteiger partial charge in [-0.05, 0) is 36.4 Å². The summed E-state index contributed by atoms with van der Waals surface area (Å²) < 4.78 is 147. The predicted octanol–water partition coefficient (Wildman–Crippen LogP) is 7.06. The van der Waals surface area contributed by atoms with E-state index in [1.165, 1.54) is 7.05 Å². The molecule has 0 aromatic heterocycles. The summed E-state index contributed by atoms with van der Waals surface area (Å²) in [6.07, 6.45) is -19.4. The van der Waals surface area contributed by atoms with Gasteiger partial charge in [-0.3, -0.25) is 4.79 Å². The molecule has 0 aliphatic carbocycles. The highest BCUT2D eigenvalue weighted by Gasteiger charge is 2.38. The Kier molecular flexibility index (Phi) is 8.27. The van der Waals surface area contributed by atoms with Crippen LogP contribution in [0.3, 0.4) is 0 Å². The van der Waals surface area contributed by atoms with Crippen molar-refractivity contribution in [1.82, 2.24) is 0 Å². The SMILES string of the molecule is CNc1cc(C(F)(F)F)cc(C(F)(F)F)c1.O=CNc1cc(C(F)(F)F)cc(C(F)(F)F)c1. The van der Waals surface area contributed by atoms with Crippen molar-refractivity contribution in [2.24, 2.45) is 0 Å². The molecule has 2 aromatic carbocycles. The van der Waals surface area contributed by atoms with Gasteiger partial charge in [-0.25, -0.2) is 0 Å². The van der Waals surface area contributed by atoms with E-state index in [-0.39, 0.29) is 24.2 Å². The summed E-state index contributed by atoms with van der Waals surface area (Å²) in [6, 6.07) is 2.15. The van der Waals surface area contributed by atoms with Crippen LogP contribution in [0.25, 0.3) is 0 Å². The largest absolute Gasteiger partial charge is 0.416 e. The molecule has 1 amide bonds. The number of nitrogens with one attached hydrogen (secondary N) is 2. The molecule has 2 aromatic rings. The molecule has 15 heteroatoms. The van der Waals surface area contributed by atoms with Crippen LogP contribution in [0, 0.1) is 0 Å². The number of carbonyl (C=O) groups is 1. The fraction of sp³-hybridized carbons (Fsp3) is 0.278. The zero-order chi connectivity index (χ0) is 25.8. The summed E-state index contributed by atoms with van der Waals surface area (Å²) >= 11 is 0. The van der Waals surface area contributed by atoms with E-state index in [9.17, 15) is 57.5 Å². The molecule has 184 valence electrons. The minimum Gasteiger partial charge on any atom is -0.388 e. The van der Waals surface area contributed by atoms with Gasteiger partial charge >= 0.3 is 24.7 Å². The zero-order valence-electron chi connectivity index (χ0n) is 16.0. The highest BCUT2D eigenvalue weighted by Crippen LogP contribution is 2.38. The summed E-state index contributed by atoms with van der Waals surface area (Å²) in [6.45, 7) is 0. The van der Waals surface area contributed by atoms with E-state index in [2.05, 4.69) is 5.32 Å². The molecule has 3 nitrogen and oxygen atoms in total. The third kappa shape index (κ3) is 8.38. The van der Waals surface area contributed by atoms with Crippen LogP contribution in [0.5, 0.6) is 0 Å². The van der Waals surface area contributed by atoms with Crippen molar-refractivity contribution in [3.63, 3.8) is 0 Å². The number of benzene rings is 2. The van der Waals surface area contributed by atoms with Gasteiger partial charge in [-0.15, -0.1) is 0 Å². The average molecular weight is 500 g/mol. The van der Waals surface area contributed by atoms with Gasteiger partial charge in [0.1, 0.15) is 0 Å². The van der Waals surface area contributed by atoms with Crippen LogP contribution in [0.4, 0.5) is 64.1 Å². The van der Waals surface area contributed by atoms with Gasteiger partial charge < -0.3 is 10.6 Å². The van der Waals surface area contributed by atoms with Crippen LogP contribution in [0.1, 0.15) is 22.3 Å². The first kappa shape index (κ1) is 27.9. The first-order valence-corrected chi connectivity index (χ1v) is 8.26. The van der Waals surface area contributed by atoms with Gasteiger partial charge in [0.15, 0.2) is 0 Å². The van der Waals surface area contributed by atoms with E-state index >= 15 is 0 Å². The lowest BCUT2D eigenvalue weighted by Crippen LogP contribution is -2.12. The van der Waals surface area contributed by atoms with Crippen LogP contribution in [0.2, 0.25) is 0 Å². The molecule has 2 N–H and O–H groups in total. The molecule has 0 aliphatic heterocycles. The summed E-state index contributed by atoms with van der Waals surface area (Å²) in [4.78, 5) is 10.0. The van der Waals surface area contributed by atoms with Crippen LogP contribution in [-0.4, -0.2) is 13.5 Å². The highest BCUT2D eigenvalue weighted by atomic mass is 19.4. The summed E-state index contributed by atoms with van der Waals surface area (Å²) in [5.41, 5.74) is -6.41. The Morgan fingerprint density at radius 3 is 1.03 bits per heavy atom. The third-order valence-corrected chi connectivity index (χ3v) is 3.69. The Labute approximate surface area is 177 Å². The van der Waals surface area contributed by atoms with E-state index in [1.807, 2.05) is 0 Å². The van der Waals surface area contributed by atoms with Gasteiger partial charge in [0, 0.05) is 18.4 Å². The summed E-state index contributed by atoms with van der Waals surface area (Å²) in [5.74, 6) is 0. The van der Waals surface area contributed by atoms with E-state index in [4.69, 9.17) is 0 Å². The quantitative estimate of drug-likeness (QED) is 0.350. The molecular formula is C18H12F12N2O. The normalized spacial score (nSPS) is 12.5. The monoisotopic (exact) mass is 500 g/mol. The number of hydrogen-bond acceptors (Lipinski definition) is 2. The molecule has 0 spiro atoms. The molecule has 0 unspecified atom stereocenters. The van der Waals surface area contributed by atoms with Crippen LogP contribution < -0.4 is 10.6 Å². The average Bonchev–Trinajstić information content (AvgIpc) is 2.65. The number of hydrogen-bond donors (Lipinski definition) is 2. The van der Waals surface area contributed by atoms with Crippen molar-refractivity contribution >= 4 is 17.8 Å². The first-order chi connectivity index (χ1) is 14.8. The number of carbonyl (C=O) groups excluding carboxylic acids is 1. The minimum atomic E-state index is -4.92. The lowest BCUT2D eigenvalue weighted by molar-refractivity contribution is -0.144. The zero-order valence-corrected chi connectivity index (χ0v) is 16.0. The maximum absolute atomic E-state index is 12.3. The maximum atomic E-state index is 12.3. The molecule has 0 fully saturated rings. The molecule has 0 bridgehead atoms. The Balaban J connectivity index is 0.000000331. The first-order valence-electron chi connectivity index (χ1n) is 8.26. The fourth-order valence-electron chi connectivity index (χ4n) is 2.21. The molecule has 2 rings (SSSR count). The van der Waals surface area contributed by atoms with E-state index in [1.54, 1.807) is 5.32 Å². The number of alkyl halides is 12. The number of halogens is 12. The Morgan fingerprint density at radius 1 is 0.545 bits per heavy atom. The van der Waals surface area contributed by atoms with Gasteiger partial charge in [0.05, 0.1) is 22.3 Å². The number of amides is 1. The van der Waals surface area contributed by atoms with Crippen molar-refractivity contribution in [3.8, 4) is 0 Å². The molecule has 0 radical (unpaired) electrons. The van der Waals surface area contributed by atoms with Gasteiger partial charge in [0.2, 0.25) is 6.41 Å². The summed E-state index contributed by atoms with van der Waals surface area (Å²) in [7, 11) is 1.25. The topological polar surface area (TPSA) is 41.1 Å². The Hall–Kier alpha value is -3.13. The number of anilines is 2. The van der Waals surface area contributed by atoms with E-state index in [0.717, 1.165) is 0 Å². The predicted molar refractivity (Wildman–Crippen MR) is 92.1 cm³/mol. The molecule has 0 saturated heterocycles. The minimum absolute atomic E-state index is 0.00432. The smallest absolute Gasteiger partial charge is 0.388 e. The van der Waals surface area contributed by atoms with Crippen molar-refractivity contribution < 1.29 is 57.5 Å². The standard InChI is InChI=1S/C9H5F6NO.C9H7F6N/c10-8(11,12)5-1-6(9(13,14)15)3-7(2-5)16-4-17;1-16-7-3-5(8(10,11)12)2-6(4-7)9(13,14)15/h1-4H,(H,16,17);2-4,16H,1H3. The van der Waals surface area contributed by atoms with Crippen LogP contribution >= 0.6 is 0 Å². The van der Waals surface area contributed by atoms with Gasteiger partial charge in [0.25, 0.3) is 0 Å². The van der Waals surface area contributed by atoms with E-state index < -0.39 is 52.6 Å². The lowest BCUT2D eigenvalue weighted by Gasteiger charge is -2.13. The van der Waals surface area contributed by atoms with Crippen molar-refractivity contribution in [3.05, 3.63) is 58.7 Å². The molecule has 33 heavy (non-hydrogen) atoms.